The summed E-state index contributed by atoms with van der Waals surface area (Å²) in [5.74, 6) is -2.73. The van der Waals surface area contributed by atoms with E-state index in [9.17, 15) is 13.6 Å². The Balaban J connectivity index is 2.03. The van der Waals surface area contributed by atoms with Crippen molar-refractivity contribution in [3.63, 3.8) is 0 Å². The van der Waals surface area contributed by atoms with Crippen molar-refractivity contribution in [2.75, 3.05) is 6.54 Å². The summed E-state index contributed by atoms with van der Waals surface area (Å²) in [7, 11) is 0. The van der Waals surface area contributed by atoms with Crippen molar-refractivity contribution in [1.82, 2.24) is 5.32 Å². The quantitative estimate of drug-likeness (QED) is 0.681. The van der Waals surface area contributed by atoms with Gasteiger partial charge >= 0.3 is 0 Å². The van der Waals surface area contributed by atoms with Crippen LogP contribution >= 0.6 is 0 Å². The Morgan fingerprint density at radius 3 is 2.57 bits per heavy atom. The molecule has 0 unspecified atom stereocenters. The Bertz CT molecular complexity index is 764. The van der Waals surface area contributed by atoms with Gasteiger partial charge in [-0.05, 0) is 24.1 Å². The van der Waals surface area contributed by atoms with Crippen molar-refractivity contribution < 1.29 is 13.6 Å². The number of carbonyl (C=O) groups is 1. The minimum atomic E-state index is -1.09. The summed E-state index contributed by atoms with van der Waals surface area (Å²) >= 11 is 0. The van der Waals surface area contributed by atoms with Gasteiger partial charge in [0.1, 0.15) is 11.6 Å². The van der Waals surface area contributed by atoms with E-state index in [1.165, 1.54) is 12.1 Å². The maximum atomic E-state index is 13.6. The maximum Gasteiger partial charge on any atom is 0.261 e. The second kappa shape index (κ2) is 7.85. The van der Waals surface area contributed by atoms with E-state index in [2.05, 4.69) is 5.32 Å². The normalized spacial score (nSPS) is 10.9. The number of nitrogens with zero attached hydrogens (tertiary/aromatic N) is 1. The number of rotatable bonds is 5. The van der Waals surface area contributed by atoms with Gasteiger partial charge in [-0.2, -0.15) is 5.26 Å². The van der Waals surface area contributed by atoms with Crippen LogP contribution in [-0.2, 0) is 11.2 Å². The molecule has 0 heterocycles. The monoisotopic (exact) mass is 312 g/mol. The third-order valence-electron chi connectivity index (χ3n) is 3.19. The molecule has 0 radical (unpaired) electrons. The molecule has 2 aromatic rings. The fourth-order valence-corrected chi connectivity index (χ4v) is 2.00. The van der Waals surface area contributed by atoms with Gasteiger partial charge in [0.15, 0.2) is 11.6 Å². The van der Waals surface area contributed by atoms with Crippen LogP contribution < -0.4 is 5.32 Å². The smallest absolute Gasteiger partial charge is 0.261 e. The Morgan fingerprint density at radius 2 is 1.87 bits per heavy atom. The van der Waals surface area contributed by atoms with E-state index >= 15 is 0 Å². The van der Waals surface area contributed by atoms with Gasteiger partial charge in [-0.3, -0.25) is 4.79 Å². The first-order chi connectivity index (χ1) is 11.1. The lowest BCUT2D eigenvalue weighted by Gasteiger charge is -2.05. The van der Waals surface area contributed by atoms with Gasteiger partial charge < -0.3 is 5.32 Å². The Labute approximate surface area is 132 Å². The molecule has 2 rings (SSSR count). The Morgan fingerprint density at radius 1 is 1.13 bits per heavy atom. The fourth-order valence-electron chi connectivity index (χ4n) is 2.00. The highest BCUT2D eigenvalue weighted by Crippen LogP contribution is 2.14. The molecular weight excluding hydrogens is 298 g/mol. The molecule has 0 aliphatic heterocycles. The first-order valence-electron chi connectivity index (χ1n) is 6.99. The molecule has 0 bridgehead atoms. The molecule has 1 amide bonds. The minimum Gasteiger partial charge on any atom is -0.351 e. The Hall–Kier alpha value is -3.00. The molecule has 0 spiro atoms. The van der Waals surface area contributed by atoms with Crippen LogP contribution in [0.1, 0.15) is 11.1 Å². The number of nitriles is 1. The van der Waals surface area contributed by atoms with Gasteiger partial charge in [-0.25, -0.2) is 8.78 Å². The highest BCUT2D eigenvalue weighted by Gasteiger charge is 2.11. The van der Waals surface area contributed by atoms with Gasteiger partial charge in [0.25, 0.3) is 5.91 Å². The number of amides is 1. The first kappa shape index (κ1) is 16.4. The molecule has 1 N–H and O–H groups in total. The van der Waals surface area contributed by atoms with Crippen LogP contribution in [0.5, 0.6) is 0 Å². The highest BCUT2D eigenvalue weighted by atomic mass is 19.2. The molecule has 0 aliphatic carbocycles. The molecule has 0 atom stereocenters. The fraction of sp³-hybridized carbons (Fsp3) is 0.111. The topological polar surface area (TPSA) is 52.9 Å². The molecule has 23 heavy (non-hydrogen) atoms. The van der Waals surface area contributed by atoms with Gasteiger partial charge in [0, 0.05) is 12.1 Å². The highest BCUT2D eigenvalue weighted by molar-refractivity contribution is 6.01. The van der Waals surface area contributed by atoms with E-state index in [4.69, 9.17) is 5.26 Å². The molecule has 2 aromatic carbocycles. The number of benzene rings is 2. The third-order valence-corrected chi connectivity index (χ3v) is 3.19. The van der Waals surface area contributed by atoms with E-state index < -0.39 is 17.5 Å². The second-order valence-corrected chi connectivity index (χ2v) is 4.80. The van der Waals surface area contributed by atoms with E-state index in [0.717, 1.165) is 17.7 Å². The molecule has 0 saturated carbocycles. The average molecular weight is 312 g/mol. The largest absolute Gasteiger partial charge is 0.351 e. The standard InChI is InChI=1S/C18H14F2N2O/c19-16-8-4-7-14(17(16)20)11-15(12-21)18(23)22-10-9-13-5-2-1-3-6-13/h1-8,11H,9-10H2,(H,22,23). The molecule has 0 aliphatic rings. The van der Waals surface area contributed by atoms with E-state index in [1.807, 2.05) is 30.3 Å². The zero-order valence-electron chi connectivity index (χ0n) is 12.2. The van der Waals surface area contributed by atoms with Crippen LogP contribution in [-0.4, -0.2) is 12.5 Å². The van der Waals surface area contributed by atoms with Crippen LogP contribution in [0.4, 0.5) is 8.78 Å². The lowest BCUT2D eigenvalue weighted by Crippen LogP contribution is -2.26. The third kappa shape index (κ3) is 4.48. The van der Waals surface area contributed by atoms with Crippen molar-refractivity contribution >= 4 is 12.0 Å². The molecule has 5 heteroatoms. The van der Waals surface area contributed by atoms with Crippen molar-refractivity contribution in [2.24, 2.45) is 0 Å². The van der Waals surface area contributed by atoms with Gasteiger partial charge in [-0.1, -0.05) is 42.5 Å². The molecule has 3 nitrogen and oxygen atoms in total. The number of nitrogens with one attached hydrogen (secondary N) is 1. The molecule has 0 fully saturated rings. The summed E-state index contributed by atoms with van der Waals surface area (Å²) in [6.07, 6.45) is 1.65. The molecule has 0 saturated heterocycles. The summed E-state index contributed by atoms with van der Waals surface area (Å²) in [5, 5.41) is 11.6. The van der Waals surface area contributed by atoms with Crippen LogP contribution in [0.3, 0.4) is 0 Å². The predicted octanol–water partition coefficient (Wildman–Crippen LogP) is 3.23. The number of hydrogen-bond donors (Lipinski definition) is 1. The number of carbonyl (C=O) groups excluding carboxylic acids is 1. The van der Waals surface area contributed by atoms with Crippen molar-refractivity contribution in [1.29, 1.82) is 5.26 Å². The predicted molar refractivity (Wildman–Crippen MR) is 83.1 cm³/mol. The number of hydrogen-bond acceptors (Lipinski definition) is 2. The van der Waals surface area contributed by atoms with Crippen molar-refractivity contribution in [2.45, 2.75) is 6.42 Å². The lowest BCUT2D eigenvalue weighted by molar-refractivity contribution is -0.117. The summed E-state index contributed by atoms with van der Waals surface area (Å²) in [6, 6.07) is 14.8. The zero-order valence-corrected chi connectivity index (χ0v) is 12.2. The SMILES string of the molecule is N#CC(=Cc1cccc(F)c1F)C(=O)NCCc1ccccc1. The van der Waals surface area contributed by atoms with Crippen LogP contribution in [0.25, 0.3) is 6.08 Å². The van der Waals surface area contributed by atoms with Crippen molar-refractivity contribution in [3.8, 4) is 6.07 Å². The van der Waals surface area contributed by atoms with Crippen LogP contribution in [0, 0.1) is 23.0 Å². The van der Waals surface area contributed by atoms with Crippen LogP contribution in [0.15, 0.2) is 54.1 Å². The average Bonchev–Trinajstić information content (AvgIpc) is 2.57. The zero-order chi connectivity index (χ0) is 16.7. The van der Waals surface area contributed by atoms with E-state index in [1.54, 1.807) is 6.07 Å². The summed E-state index contributed by atoms with van der Waals surface area (Å²) in [5.41, 5.74) is 0.633. The second-order valence-electron chi connectivity index (χ2n) is 4.80. The summed E-state index contributed by atoms with van der Waals surface area (Å²) < 4.78 is 26.7. The van der Waals surface area contributed by atoms with E-state index in [-0.39, 0.29) is 11.1 Å². The van der Waals surface area contributed by atoms with Gasteiger partial charge in [0.2, 0.25) is 0 Å². The maximum absolute atomic E-state index is 13.6. The van der Waals surface area contributed by atoms with E-state index in [0.29, 0.717) is 13.0 Å². The molecular formula is C18H14F2N2O. The lowest BCUT2D eigenvalue weighted by atomic mass is 10.1. The van der Waals surface area contributed by atoms with Crippen LogP contribution in [0.2, 0.25) is 0 Å². The summed E-state index contributed by atoms with van der Waals surface area (Å²) in [4.78, 5) is 11.9. The summed E-state index contributed by atoms with van der Waals surface area (Å²) in [6.45, 7) is 0.341. The van der Waals surface area contributed by atoms with Gasteiger partial charge in [-0.15, -0.1) is 0 Å². The minimum absolute atomic E-state index is 0.139. The molecule has 116 valence electrons. The number of halogens is 2. The van der Waals surface area contributed by atoms with Crippen molar-refractivity contribution in [3.05, 3.63) is 76.9 Å². The molecule has 0 aromatic heterocycles. The van der Waals surface area contributed by atoms with Gasteiger partial charge in [0.05, 0.1) is 0 Å². The Kier molecular flexibility index (Phi) is 5.59. The first-order valence-corrected chi connectivity index (χ1v) is 6.99.